The third-order valence-corrected chi connectivity index (χ3v) is 3.89. The predicted octanol–water partition coefficient (Wildman–Crippen LogP) is 3.60. The average Bonchev–Trinajstić information content (AvgIpc) is 2.58. The molecule has 0 saturated heterocycles. The molecule has 0 heterocycles. The van der Waals surface area contributed by atoms with Gasteiger partial charge in [-0.1, -0.05) is 29.8 Å². The molecule has 2 aromatic carbocycles. The lowest BCUT2D eigenvalue weighted by molar-refractivity contribution is -0.119. The van der Waals surface area contributed by atoms with Crippen molar-refractivity contribution < 1.29 is 9.59 Å². The first kappa shape index (κ1) is 19.8. The predicted molar refractivity (Wildman–Crippen MR) is 105 cm³/mol. The van der Waals surface area contributed by atoms with Gasteiger partial charge in [0.25, 0.3) is 5.91 Å². The molecule has 0 radical (unpaired) electrons. The second-order valence-corrected chi connectivity index (χ2v) is 7.41. The number of nitrogens with one attached hydrogen (secondary N) is 3. The minimum atomic E-state index is -0.284. The molecule has 0 unspecified atom stereocenters. The Balaban J connectivity index is 1.81. The molecular formula is C20H24ClN3O2. The Hall–Kier alpha value is -2.53. The maximum absolute atomic E-state index is 12.1. The van der Waals surface area contributed by atoms with E-state index in [0.29, 0.717) is 17.1 Å². The molecule has 26 heavy (non-hydrogen) atoms. The highest BCUT2D eigenvalue weighted by Crippen LogP contribution is 2.14. The molecular weight excluding hydrogens is 350 g/mol. The molecule has 5 nitrogen and oxygen atoms in total. The van der Waals surface area contributed by atoms with Crippen LogP contribution < -0.4 is 16.0 Å². The minimum Gasteiger partial charge on any atom is -0.376 e. The first-order valence-electron chi connectivity index (χ1n) is 8.41. The monoisotopic (exact) mass is 373 g/mol. The summed E-state index contributed by atoms with van der Waals surface area (Å²) in [5, 5.41) is 9.39. The van der Waals surface area contributed by atoms with Crippen molar-refractivity contribution in [2.45, 2.75) is 32.9 Å². The molecule has 0 aliphatic carbocycles. The topological polar surface area (TPSA) is 70.2 Å². The van der Waals surface area contributed by atoms with Gasteiger partial charge in [-0.2, -0.15) is 0 Å². The molecule has 138 valence electrons. The van der Waals surface area contributed by atoms with Gasteiger partial charge in [0.2, 0.25) is 5.91 Å². The van der Waals surface area contributed by atoms with Crippen LogP contribution in [0, 0.1) is 0 Å². The molecule has 0 atom stereocenters. The smallest absolute Gasteiger partial charge is 0.251 e. The highest BCUT2D eigenvalue weighted by Gasteiger charge is 2.15. The number of rotatable bonds is 6. The van der Waals surface area contributed by atoms with Crippen LogP contribution in [0.4, 0.5) is 5.69 Å². The molecule has 2 amide bonds. The van der Waals surface area contributed by atoms with E-state index in [0.717, 1.165) is 11.3 Å². The van der Waals surface area contributed by atoms with Gasteiger partial charge in [0, 0.05) is 28.4 Å². The summed E-state index contributed by atoms with van der Waals surface area (Å²) in [7, 11) is 0. The Bertz CT molecular complexity index is 767. The Morgan fingerprint density at radius 1 is 1.00 bits per heavy atom. The number of carbonyl (C=O) groups excluding carboxylic acids is 2. The quantitative estimate of drug-likeness (QED) is 0.724. The van der Waals surface area contributed by atoms with Gasteiger partial charge in [0.1, 0.15) is 0 Å². The normalized spacial score (nSPS) is 10.9. The third-order valence-electron chi connectivity index (χ3n) is 3.52. The summed E-state index contributed by atoms with van der Waals surface area (Å²) in [6, 6.07) is 14.4. The fourth-order valence-corrected chi connectivity index (χ4v) is 2.44. The van der Waals surface area contributed by atoms with Gasteiger partial charge in [-0.25, -0.2) is 0 Å². The SMILES string of the molecule is CC(C)(C)NC(=O)c1ccc(NCC(=O)NCc2ccccc2Cl)cc1. The van der Waals surface area contributed by atoms with Crippen molar-refractivity contribution in [2.75, 3.05) is 11.9 Å². The largest absolute Gasteiger partial charge is 0.376 e. The van der Waals surface area contributed by atoms with E-state index in [2.05, 4.69) is 16.0 Å². The second kappa shape index (κ2) is 8.72. The summed E-state index contributed by atoms with van der Waals surface area (Å²) in [6.45, 7) is 6.32. The number of hydrogen-bond acceptors (Lipinski definition) is 3. The summed E-state index contributed by atoms with van der Waals surface area (Å²) in [6.07, 6.45) is 0. The standard InChI is InChI=1S/C20H24ClN3O2/c1-20(2,3)24-19(26)14-8-10-16(11-9-14)22-13-18(25)23-12-15-6-4-5-7-17(15)21/h4-11,22H,12-13H2,1-3H3,(H,23,25)(H,24,26). The molecule has 0 spiro atoms. The van der Waals surface area contributed by atoms with E-state index in [4.69, 9.17) is 11.6 Å². The zero-order chi connectivity index (χ0) is 19.2. The highest BCUT2D eigenvalue weighted by atomic mass is 35.5. The highest BCUT2D eigenvalue weighted by molar-refractivity contribution is 6.31. The molecule has 2 aromatic rings. The fourth-order valence-electron chi connectivity index (χ4n) is 2.23. The summed E-state index contributed by atoms with van der Waals surface area (Å²) < 4.78 is 0. The van der Waals surface area contributed by atoms with Crippen LogP contribution in [0.5, 0.6) is 0 Å². The van der Waals surface area contributed by atoms with E-state index in [1.807, 2.05) is 39.0 Å². The summed E-state index contributed by atoms with van der Waals surface area (Å²) in [5.74, 6) is -0.263. The zero-order valence-electron chi connectivity index (χ0n) is 15.2. The minimum absolute atomic E-state index is 0.124. The van der Waals surface area contributed by atoms with Gasteiger partial charge in [0.15, 0.2) is 0 Å². The van der Waals surface area contributed by atoms with Crippen LogP contribution in [-0.4, -0.2) is 23.9 Å². The van der Waals surface area contributed by atoms with Crippen LogP contribution in [0.2, 0.25) is 5.02 Å². The number of benzene rings is 2. The van der Waals surface area contributed by atoms with Crippen molar-refractivity contribution in [1.82, 2.24) is 10.6 Å². The van der Waals surface area contributed by atoms with Gasteiger partial charge >= 0.3 is 0 Å². The van der Waals surface area contributed by atoms with E-state index < -0.39 is 0 Å². The molecule has 0 aliphatic heterocycles. The van der Waals surface area contributed by atoms with Crippen LogP contribution in [0.3, 0.4) is 0 Å². The first-order valence-corrected chi connectivity index (χ1v) is 8.79. The molecule has 6 heteroatoms. The van der Waals surface area contributed by atoms with Crippen LogP contribution in [0.1, 0.15) is 36.7 Å². The fraction of sp³-hybridized carbons (Fsp3) is 0.300. The number of amides is 2. The number of carbonyl (C=O) groups is 2. The number of hydrogen-bond donors (Lipinski definition) is 3. The van der Waals surface area contributed by atoms with Gasteiger partial charge in [0.05, 0.1) is 6.54 Å². The van der Waals surface area contributed by atoms with E-state index in [9.17, 15) is 9.59 Å². The summed E-state index contributed by atoms with van der Waals surface area (Å²) in [5.41, 5.74) is 1.93. The Morgan fingerprint density at radius 2 is 1.65 bits per heavy atom. The summed E-state index contributed by atoms with van der Waals surface area (Å²) >= 11 is 6.06. The van der Waals surface area contributed by atoms with Crippen molar-refractivity contribution in [2.24, 2.45) is 0 Å². The third kappa shape index (κ3) is 6.41. The maximum Gasteiger partial charge on any atom is 0.251 e. The molecule has 0 aromatic heterocycles. The Kier molecular flexibility index (Phi) is 6.64. The van der Waals surface area contributed by atoms with Crippen LogP contribution >= 0.6 is 11.6 Å². The molecule has 0 aliphatic rings. The van der Waals surface area contributed by atoms with Crippen LogP contribution in [0.15, 0.2) is 48.5 Å². The van der Waals surface area contributed by atoms with Crippen LogP contribution in [-0.2, 0) is 11.3 Å². The van der Waals surface area contributed by atoms with E-state index in [-0.39, 0.29) is 23.9 Å². The summed E-state index contributed by atoms with van der Waals surface area (Å²) in [4.78, 5) is 24.0. The van der Waals surface area contributed by atoms with Gasteiger partial charge in [-0.15, -0.1) is 0 Å². The van der Waals surface area contributed by atoms with Gasteiger partial charge in [-0.05, 0) is 56.7 Å². The number of halogens is 1. The number of anilines is 1. The maximum atomic E-state index is 12.1. The lowest BCUT2D eigenvalue weighted by Crippen LogP contribution is -2.40. The molecule has 3 N–H and O–H groups in total. The first-order chi connectivity index (χ1) is 12.2. The van der Waals surface area contributed by atoms with Crippen molar-refractivity contribution in [3.05, 3.63) is 64.7 Å². The Morgan fingerprint density at radius 3 is 2.27 bits per heavy atom. The zero-order valence-corrected chi connectivity index (χ0v) is 16.0. The molecule has 0 bridgehead atoms. The molecule has 2 rings (SSSR count). The lowest BCUT2D eigenvalue weighted by atomic mass is 10.1. The Labute approximate surface area is 159 Å². The molecule has 0 saturated carbocycles. The van der Waals surface area contributed by atoms with E-state index in [1.54, 1.807) is 30.3 Å². The lowest BCUT2D eigenvalue weighted by Gasteiger charge is -2.20. The average molecular weight is 374 g/mol. The van der Waals surface area contributed by atoms with Crippen molar-refractivity contribution in [1.29, 1.82) is 0 Å². The van der Waals surface area contributed by atoms with Crippen molar-refractivity contribution >= 4 is 29.1 Å². The van der Waals surface area contributed by atoms with Crippen molar-refractivity contribution in [3.8, 4) is 0 Å². The van der Waals surface area contributed by atoms with E-state index >= 15 is 0 Å². The van der Waals surface area contributed by atoms with E-state index in [1.165, 1.54) is 0 Å². The molecule has 0 fully saturated rings. The van der Waals surface area contributed by atoms with Gasteiger partial charge < -0.3 is 16.0 Å². The van der Waals surface area contributed by atoms with Crippen LogP contribution in [0.25, 0.3) is 0 Å². The second-order valence-electron chi connectivity index (χ2n) is 7.00. The van der Waals surface area contributed by atoms with Crippen molar-refractivity contribution in [3.63, 3.8) is 0 Å². The van der Waals surface area contributed by atoms with Gasteiger partial charge in [-0.3, -0.25) is 9.59 Å².